The molecule has 6 heteroatoms. The Kier molecular flexibility index (Phi) is 8.81. The van der Waals surface area contributed by atoms with Gasteiger partial charge in [0.15, 0.2) is 0 Å². The molecule has 0 saturated carbocycles. The first-order chi connectivity index (χ1) is 15.1. The lowest BCUT2D eigenvalue weighted by molar-refractivity contribution is -0.137. The van der Waals surface area contributed by atoms with E-state index in [0.717, 1.165) is 24.1 Å². The summed E-state index contributed by atoms with van der Waals surface area (Å²) < 4.78 is 55.2. The number of halogens is 4. The number of hydrogen-bond acceptors (Lipinski definition) is 2. The van der Waals surface area contributed by atoms with Crippen LogP contribution in [0.2, 0.25) is 0 Å². The third kappa shape index (κ3) is 6.55. The molecule has 0 saturated heterocycles. The molecule has 32 heavy (non-hydrogen) atoms. The van der Waals surface area contributed by atoms with E-state index in [4.69, 9.17) is 4.99 Å². The van der Waals surface area contributed by atoms with Crippen molar-refractivity contribution >= 4 is 5.71 Å². The van der Waals surface area contributed by atoms with Gasteiger partial charge in [-0.05, 0) is 53.9 Å². The van der Waals surface area contributed by atoms with Crippen LogP contribution in [0.15, 0.2) is 78.5 Å². The van der Waals surface area contributed by atoms with Crippen molar-refractivity contribution in [2.45, 2.75) is 45.3 Å². The van der Waals surface area contributed by atoms with Crippen molar-refractivity contribution < 1.29 is 17.6 Å². The van der Waals surface area contributed by atoms with Gasteiger partial charge in [-0.2, -0.15) is 13.2 Å². The Hall–Kier alpha value is -2.89. The molecule has 1 atom stereocenters. The minimum absolute atomic E-state index is 0.136. The van der Waals surface area contributed by atoms with Crippen molar-refractivity contribution in [3.8, 4) is 0 Å². The Balaban J connectivity index is 2.85. The lowest BCUT2D eigenvalue weighted by Gasteiger charge is -2.36. The van der Waals surface area contributed by atoms with E-state index in [0.29, 0.717) is 18.3 Å². The highest BCUT2D eigenvalue weighted by Crippen LogP contribution is 2.36. The minimum Gasteiger partial charge on any atom is -0.377 e. The van der Waals surface area contributed by atoms with Crippen molar-refractivity contribution in [1.29, 1.82) is 0 Å². The van der Waals surface area contributed by atoms with Gasteiger partial charge in [0.05, 0.1) is 11.3 Å². The van der Waals surface area contributed by atoms with E-state index in [9.17, 15) is 17.6 Å². The molecular weight excluding hydrogens is 416 g/mol. The molecule has 0 heterocycles. The number of allylic oxidation sites excluding steroid dienone is 1. The van der Waals surface area contributed by atoms with Gasteiger partial charge < -0.3 is 5.32 Å². The monoisotopic (exact) mass is 446 g/mol. The summed E-state index contributed by atoms with van der Waals surface area (Å²) in [5.74, 6) is -0.765. The van der Waals surface area contributed by atoms with Crippen LogP contribution in [0.4, 0.5) is 17.6 Å². The standard InChI is InChI=1S/C26H30F4N2/c1-5-14-31-24(13-12-19(3)4)25(32-6-2,18-20-10-8-7-9-11-20)21-15-22(26(28,29)30)17-23(27)16-21/h6-13,15-17,19,32H,2,5,14,18H2,1,3-4H3/b13-12-,31-24?. The molecule has 2 aromatic rings. The molecule has 0 aromatic heterocycles. The first kappa shape index (κ1) is 25.4. The summed E-state index contributed by atoms with van der Waals surface area (Å²) in [6, 6.07) is 12.0. The molecule has 0 amide bonds. The van der Waals surface area contributed by atoms with Crippen molar-refractivity contribution in [2.24, 2.45) is 10.9 Å². The van der Waals surface area contributed by atoms with Gasteiger partial charge in [0.1, 0.15) is 11.4 Å². The highest BCUT2D eigenvalue weighted by molar-refractivity contribution is 6.03. The molecule has 1 N–H and O–H groups in total. The van der Waals surface area contributed by atoms with Crippen LogP contribution in [0.3, 0.4) is 0 Å². The molecule has 0 spiro atoms. The van der Waals surface area contributed by atoms with Crippen LogP contribution in [0.5, 0.6) is 0 Å². The van der Waals surface area contributed by atoms with Crippen LogP contribution in [-0.4, -0.2) is 12.3 Å². The molecular formula is C26H30F4N2. The van der Waals surface area contributed by atoms with Crippen LogP contribution in [-0.2, 0) is 18.1 Å². The Morgan fingerprint density at radius 1 is 1.09 bits per heavy atom. The maximum absolute atomic E-state index is 14.5. The predicted octanol–water partition coefficient (Wildman–Crippen LogP) is 7.08. The topological polar surface area (TPSA) is 24.4 Å². The summed E-state index contributed by atoms with van der Waals surface area (Å²) in [5, 5.41) is 3.15. The summed E-state index contributed by atoms with van der Waals surface area (Å²) in [6.07, 6.45) is 1.50. The number of nitrogens with one attached hydrogen (secondary N) is 1. The third-order valence-corrected chi connectivity index (χ3v) is 4.96. The maximum atomic E-state index is 14.5. The van der Waals surface area contributed by atoms with E-state index in [1.807, 2.05) is 63.3 Å². The van der Waals surface area contributed by atoms with Gasteiger partial charge in [-0.15, -0.1) is 0 Å². The average molecular weight is 447 g/mol. The van der Waals surface area contributed by atoms with Crippen molar-refractivity contribution in [3.05, 3.63) is 96.0 Å². The Bertz CT molecular complexity index is 946. The van der Waals surface area contributed by atoms with E-state index in [1.165, 1.54) is 6.20 Å². The Morgan fingerprint density at radius 3 is 2.31 bits per heavy atom. The smallest absolute Gasteiger partial charge is 0.377 e. The van der Waals surface area contributed by atoms with E-state index >= 15 is 0 Å². The van der Waals surface area contributed by atoms with Crippen LogP contribution in [0.25, 0.3) is 0 Å². The number of aliphatic imine (C=N–C) groups is 1. The molecule has 0 aliphatic carbocycles. The van der Waals surface area contributed by atoms with Gasteiger partial charge in [-0.3, -0.25) is 4.99 Å². The van der Waals surface area contributed by atoms with Crippen molar-refractivity contribution in [3.63, 3.8) is 0 Å². The zero-order chi connectivity index (χ0) is 23.8. The van der Waals surface area contributed by atoms with E-state index in [2.05, 4.69) is 11.9 Å². The van der Waals surface area contributed by atoms with Gasteiger partial charge >= 0.3 is 6.18 Å². The summed E-state index contributed by atoms with van der Waals surface area (Å²) in [4.78, 5) is 4.72. The molecule has 0 bridgehead atoms. The van der Waals surface area contributed by atoms with Gasteiger partial charge in [-0.1, -0.05) is 63.8 Å². The van der Waals surface area contributed by atoms with Gasteiger partial charge in [0.25, 0.3) is 0 Å². The quantitative estimate of drug-likeness (QED) is 0.306. The molecule has 0 fully saturated rings. The predicted molar refractivity (Wildman–Crippen MR) is 123 cm³/mol. The minimum atomic E-state index is -4.68. The molecule has 0 aliphatic rings. The van der Waals surface area contributed by atoms with E-state index < -0.39 is 23.1 Å². The summed E-state index contributed by atoms with van der Waals surface area (Å²) in [7, 11) is 0. The molecule has 0 radical (unpaired) electrons. The molecule has 2 aromatic carbocycles. The molecule has 1 unspecified atom stereocenters. The Labute approximate surface area is 187 Å². The second-order valence-electron chi connectivity index (χ2n) is 8.01. The zero-order valence-electron chi connectivity index (χ0n) is 18.7. The number of benzene rings is 2. The summed E-state index contributed by atoms with van der Waals surface area (Å²) in [6.45, 7) is 10.2. The number of hydrogen-bond donors (Lipinski definition) is 1. The Morgan fingerprint density at radius 2 is 1.75 bits per heavy atom. The highest BCUT2D eigenvalue weighted by Gasteiger charge is 2.39. The molecule has 2 rings (SSSR count). The summed E-state index contributed by atoms with van der Waals surface area (Å²) in [5.41, 5.74) is -0.765. The fourth-order valence-corrected chi connectivity index (χ4v) is 3.47. The highest BCUT2D eigenvalue weighted by atomic mass is 19.4. The van der Waals surface area contributed by atoms with Gasteiger partial charge in [-0.25, -0.2) is 4.39 Å². The zero-order valence-corrected chi connectivity index (χ0v) is 18.7. The van der Waals surface area contributed by atoms with Crippen LogP contribution >= 0.6 is 0 Å². The molecule has 172 valence electrons. The number of nitrogens with zero attached hydrogens (tertiary/aromatic N) is 1. The summed E-state index contributed by atoms with van der Waals surface area (Å²) >= 11 is 0. The number of alkyl halides is 3. The van der Waals surface area contributed by atoms with Crippen molar-refractivity contribution in [1.82, 2.24) is 5.32 Å². The number of rotatable bonds is 10. The van der Waals surface area contributed by atoms with Gasteiger partial charge in [0, 0.05) is 13.0 Å². The second-order valence-corrected chi connectivity index (χ2v) is 8.01. The fraction of sp³-hybridized carbons (Fsp3) is 0.346. The average Bonchev–Trinajstić information content (AvgIpc) is 2.73. The normalized spacial score (nSPS) is 14.6. The molecule has 2 nitrogen and oxygen atoms in total. The first-order valence-corrected chi connectivity index (χ1v) is 10.7. The maximum Gasteiger partial charge on any atom is 0.416 e. The largest absolute Gasteiger partial charge is 0.416 e. The van der Waals surface area contributed by atoms with Crippen LogP contribution in [0, 0.1) is 11.7 Å². The third-order valence-electron chi connectivity index (χ3n) is 4.96. The first-order valence-electron chi connectivity index (χ1n) is 10.7. The van der Waals surface area contributed by atoms with Crippen LogP contribution < -0.4 is 5.32 Å². The SMILES string of the molecule is C=CNC(Cc1ccccc1)(C(/C=C\C(C)C)=NCCC)c1cc(F)cc(C(F)(F)F)c1. The van der Waals surface area contributed by atoms with E-state index in [1.54, 1.807) is 0 Å². The van der Waals surface area contributed by atoms with Crippen LogP contribution in [0.1, 0.15) is 43.9 Å². The van der Waals surface area contributed by atoms with Crippen molar-refractivity contribution in [2.75, 3.05) is 6.54 Å². The molecule has 0 aliphatic heterocycles. The second kappa shape index (κ2) is 11.1. The fourth-order valence-electron chi connectivity index (χ4n) is 3.47. The lowest BCUT2D eigenvalue weighted by atomic mass is 9.78. The van der Waals surface area contributed by atoms with E-state index in [-0.39, 0.29) is 17.9 Å². The van der Waals surface area contributed by atoms with Gasteiger partial charge in [0.2, 0.25) is 0 Å². The lowest BCUT2D eigenvalue weighted by Crippen LogP contribution is -2.48.